The average molecular weight is 354 g/mol. The number of rotatable bonds is 4. The van der Waals surface area contributed by atoms with Crippen molar-refractivity contribution in [2.24, 2.45) is 0 Å². The van der Waals surface area contributed by atoms with E-state index >= 15 is 0 Å². The van der Waals surface area contributed by atoms with E-state index in [1.807, 2.05) is 0 Å². The summed E-state index contributed by atoms with van der Waals surface area (Å²) >= 11 is 0. The molecular formula is C16H18O9. The fraction of sp³-hybridized carbons (Fsp3) is 0.375. The topological polar surface area (TPSA) is 165 Å². The van der Waals surface area contributed by atoms with Gasteiger partial charge in [-0.1, -0.05) is 6.07 Å². The highest BCUT2D eigenvalue weighted by Crippen LogP contribution is 2.31. The highest BCUT2D eigenvalue weighted by atomic mass is 16.6. The van der Waals surface area contributed by atoms with Gasteiger partial charge in [-0.25, -0.2) is 9.59 Å². The molecule has 9 nitrogen and oxygen atoms in total. The van der Waals surface area contributed by atoms with Gasteiger partial charge in [0.05, 0.1) is 6.10 Å². The van der Waals surface area contributed by atoms with Gasteiger partial charge in [0.25, 0.3) is 0 Å². The Labute approximate surface area is 142 Å². The summed E-state index contributed by atoms with van der Waals surface area (Å²) in [4.78, 5) is 22.9. The lowest BCUT2D eigenvalue weighted by Crippen LogP contribution is -2.57. The number of carbonyl (C=O) groups excluding carboxylic acids is 1. The van der Waals surface area contributed by atoms with Gasteiger partial charge in [0.15, 0.2) is 17.1 Å². The van der Waals surface area contributed by atoms with Crippen LogP contribution in [0.2, 0.25) is 0 Å². The van der Waals surface area contributed by atoms with Crippen LogP contribution in [0, 0.1) is 0 Å². The number of phenols is 2. The Morgan fingerprint density at radius 1 is 1.16 bits per heavy atom. The molecule has 9 heteroatoms. The number of hydrogen-bond acceptors (Lipinski definition) is 8. The van der Waals surface area contributed by atoms with Crippen LogP contribution in [0.4, 0.5) is 0 Å². The SMILES string of the molecule is O=C(/C=C/c1ccc(O)c(O)c1)O[C@H]1CC(O)(C(=O)O)CC(O)[C@H]1O. The number of carbonyl (C=O) groups is 2. The molecular weight excluding hydrogens is 336 g/mol. The largest absolute Gasteiger partial charge is 0.504 e. The van der Waals surface area contributed by atoms with Crippen LogP contribution >= 0.6 is 0 Å². The molecule has 1 saturated carbocycles. The van der Waals surface area contributed by atoms with Crippen molar-refractivity contribution in [3.8, 4) is 11.5 Å². The molecule has 136 valence electrons. The van der Waals surface area contributed by atoms with E-state index in [2.05, 4.69) is 0 Å². The lowest BCUT2D eigenvalue weighted by molar-refractivity contribution is -0.196. The molecule has 0 spiro atoms. The Bertz CT molecular complexity index is 699. The van der Waals surface area contributed by atoms with Crippen molar-refractivity contribution in [3.05, 3.63) is 29.8 Å². The number of hydrogen-bond donors (Lipinski definition) is 6. The van der Waals surface area contributed by atoms with Crippen LogP contribution < -0.4 is 0 Å². The van der Waals surface area contributed by atoms with Crippen molar-refractivity contribution >= 4 is 18.0 Å². The van der Waals surface area contributed by atoms with Crippen LogP contribution in [0.3, 0.4) is 0 Å². The Morgan fingerprint density at radius 2 is 1.84 bits per heavy atom. The predicted molar refractivity (Wildman–Crippen MR) is 82.5 cm³/mol. The maximum absolute atomic E-state index is 11.8. The molecule has 1 aliphatic carbocycles. The smallest absolute Gasteiger partial charge is 0.335 e. The molecule has 1 aliphatic rings. The van der Waals surface area contributed by atoms with Gasteiger partial charge in [-0.05, 0) is 23.8 Å². The maximum Gasteiger partial charge on any atom is 0.335 e. The number of phenolic OH excluding ortho intramolecular Hbond substituents is 2. The number of carboxylic acids is 1. The summed E-state index contributed by atoms with van der Waals surface area (Å²) in [6, 6.07) is 3.83. The normalized spacial score (nSPS) is 29.5. The van der Waals surface area contributed by atoms with E-state index in [1.54, 1.807) is 0 Å². The molecule has 2 rings (SSSR count). The second-order valence-corrected chi connectivity index (χ2v) is 5.86. The summed E-state index contributed by atoms with van der Waals surface area (Å²) in [6.07, 6.45) is -3.44. The van der Waals surface area contributed by atoms with Crippen molar-refractivity contribution in [2.75, 3.05) is 0 Å². The van der Waals surface area contributed by atoms with E-state index in [0.717, 1.165) is 6.08 Å². The highest BCUT2D eigenvalue weighted by molar-refractivity contribution is 5.87. The maximum atomic E-state index is 11.8. The van der Waals surface area contributed by atoms with Gasteiger partial charge in [0.2, 0.25) is 0 Å². The first-order chi connectivity index (χ1) is 11.6. The molecule has 1 aromatic rings. The van der Waals surface area contributed by atoms with Crippen molar-refractivity contribution < 1.29 is 45.0 Å². The molecule has 25 heavy (non-hydrogen) atoms. The zero-order chi connectivity index (χ0) is 18.8. The molecule has 6 N–H and O–H groups in total. The summed E-state index contributed by atoms with van der Waals surface area (Å²) in [5, 5.41) is 57.0. The minimum Gasteiger partial charge on any atom is -0.504 e. The van der Waals surface area contributed by atoms with E-state index < -0.39 is 48.7 Å². The van der Waals surface area contributed by atoms with Crippen molar-refractivity contribution in [2.45, 2.75) is 36.8 Å². The third kappa shape index (κ3) is 4.27. The van der Waals surface area contributed by atoms with Gasteiger partial charge >= 0.3 is 11.9 Å². The number of esters is 1. The van der Waals surface area contributed by atoms with Crippen molar-refractivity contribution in [3.63, 3.8) is 0 Å². The molecule has 1 aromatic carbocycles. The number of aromatic hydroxyl groups is 2. The second kappa shape index (κ2) is 7.09. The Morgan fingerprint density at radius 3 is 2.44 bits per heavy atom. The lowest BCUT2D eigenvalue weighted by Gasteiger charge is -2.39. The fourth-order valence-electron chi connectivity index (χ4n) is 2.53. The van der Waals surface area contributed by atoms with Crippen molar-refractivity contribution in [1.82, 2.24) is 0 Å². The number of carboxylic acid groups (broad SMARTS) is 1. The first-order valence-electron chi connectivity index (χ1n) is 7.35. The van der Waals surface area contributed by atoms with Gasteiger partial charge in [-0.2, -0.15) is 0 Å². The number of aliphatic hydroxyl groups is 3. The number of benzene rings is 1. The molecule has 2 unspecified atom stereocenters. The lowest BCUT2D eigenvalue weighted by atomic mass is 9.79. The zero-order valence-corrected chi connectivity index (χ0v) is 12.9. The van der Waals surface area contributed by atoms with E-state index in [0.29, 0.717) is 5.56 Å². The predicted octanol–water partition coefficient (Wildman–Crippen LogP) is -0.646. The number of aliphatic carboxylic acids is 1. The highest BCUT2D eigenvalue weighted by Gasteiger charge is 2.50. The monoisotopic (exact) mass is 354 g/mol. The molecule has 0 radical (unpaired) electrons. The van der Waals surface area contributed by atoms with Gasteiger partial charge in [0.1, 0.15) is 12.2 Å². The molecule has 0 aromatic heterocycles. The molecule has 0 saturated heterocycles. The Kier molecular flexibility index (Phi) is 5.31. The minimum atomic E-state index is -2.31. The Balaban J connectivity index is 2.06. The van der Waals surface area contributed by atoms with E-state index in [9.17, 15) is 35.1 Å². The minimum absolute atomic E-state index is 0.327. The number of aliphatic hydroxyl groups excluding tert-OH is 2. The second-order valence-electron chi connectivity index (χ2n) is 5.86. The molecule has 1 fully saturated rings. The summed E-state index contributed by atoms with van der Waals surface area (Å²) < 4.78 is 4.92. The van der Waals surface area contributed by atoms with Crippen LogP contribution in [0.25, 0.3) is 6.08 Å². The molecule has 0 bridgehead atoms. The zero-order valence-electron chi connectivity index (χ0n) is 12.9. The van der Waals surface area contributed by atoms with Gasteiger partial charge in [0, 0.05) is 18.9 Å². The molecule has 0 aliphatic heterocycles. The van der Waals surface area contributed by atoms with Crippen LogP contribution in [-0.2, 0) is 14.3 Å². The summed E-state index contributed by atoms with van der Waals surface area (Å²) in [6.45, 7) is 0. The third-order valence-electron chi connectivity index (χ3n) is 3.94. The van der Waals surface area contributed by atoms with E-state index in [4.69, 9.17) is 9.84 Å². The summed E-state index contributed by atoms with van der Waals surface area (Å²) in [7, 11) is 0. The van der Waals surface area contributed by atoms with Gasteiger partial charge < -0.3 is 35.4 Å². The van der Waals surface area contributed by atoms with Gasteiger partial charge in [-0.3, -0.25) is 0 Å². The first-order valence-corrected chi connectivity index (χ1v) is 7.35. The van der Waals surface area contributed by atoms with Crippen LogP contribution in [0.5, 0.6) is 11.5 Å². The van der Waals surface area contributed by atoms with Gasteiger partial charge in [-0.15, -0.1) is 0 Å². The molecule has 0 amide bonds. The molecule has 4 atom stereocenters. The van der Waals surface area contributed by atoms with E-state index in [-0.39, 0.29) is 11.5 Å². The number of ether oxygens (including phenoxy) is 1. The third-order valence-corrected chi connectivity index (χ3v) is 3.94. The average Bonchev–Trinajstić information content (AvgIpc) is 2.53. The first kappa shape index (κ1) is 18.7. The van der Waals surface area contributed by atoms with Crippen molar-refractivity contribution in [1.29, 1.82) is 0 Å². The summed E-state index contributed by atoms with van der Waals surface area (Å²) in [5.74, 6) is -3.24. The summed E-state index contributed by atoms with van der Waals surface area (Å²) in [5.41, 5.74) is -1.94. The van der Waals surface area contributed by atoms with E-state index in [1.165, 1.54) is 24.3 Å². The Hall–Kier alpha value is -2.62. The quantitative estimate of drug-likeness (QED) is 0.234. The van der Waals surface area contributed by atoms with Crippen LogP contribution in [0.1, 0.15) is 18.4 Å². The standard InChI is InChI=1S/C16H18O9/c17-9-3-1-8(5-10(9)18)2-4-13(20)25-12-7-16(24,15(22)23)6-11(19)14(12)21/h1-5,11-12,14,17-19,21,24H,6-7H2,(H,22,23)/b4-2+/t11?,12-,14+,16?/m0/s1. The molecule has 0 heterocycles. The fourth-order valence-corrected chi connectivity index (χ4v) is 2.53. The van der Waals surface area contributed by atoms with Crippen LogP contribution in [-0.4, -0.2) is 66.5 Å². The van der Waals surface area contributed by atoms with Crippen LogP contribution in [0.15, 0.2) is 24.3 Å².